The first-order chi connectivity index (χ1) is 10.7. The van der Waals surface area contributed by atoms with Gasteiger partial charge in [0, 0.05) is 30.8 Å². The Labute approximate surface area is 131 Å². The van der Waals surface area contributed by atoms with E-state index >= 15 is 0 Å². The van der Waals surface area contributed by atoms with E-state index in [1.54, 1.807) is 0 Å². The molecule has 1 aliphatic heterocycles. The Morgan fingerprint density at radius 3 is 2.52 bits per heavy atom. The minimum Gasteiger partial charge on any atom is -0.355 e. The maximum absolute atomic E-state index is 13.2. The molecule has 5 nitrogen and oxygen atoms in total. The van der Waals surface area contributed by atoms with Gasteiger partial charge in [0.15, 0.2) is 0 Å². The van der Waals surface area contributed by atoms with Gasteiger partial charge < -0.3 is 16.0 Å². The van der Waals surface area contributed by atoms with Crippen molar-refractivity contribution in [2.75, 3.05) is 13.6 Å². The molecular formula is C15H18F3N3O2. The van der Waals surface area contributed by atoms with Crippen molar-refractivity contribution in [2.45, 2.75) is 31.1 Å². The first-order valence-electron chi connectivity index (χ1n) is 7.19. The lowest BCUT2D eigenvalue weighted by Gasteiger charge is -2.39. The van der Waals surface area contributed by atoms with Crippen molar-refractivity contribution in [3.63, 3.8) is 0 Å². The maximum atomic E-state index is 13.2. The molecule has 23 heavy (non-hydrogen) atoms. The molecule has 3 N–H and O–H groups in total. The van der Waals surface area contributed by atoms with Crippen LogP contribution in [0.5, 0.6) is 0 Å². The number of amides is 2. The van der Waals surface area contributed by atoms with Crippen LogP contribution in [-0.2, 0) is 0 Å². The summed E-state index contributed by atoms with van der Waals surface area (Å²) in [5.74, 6) is -1.18. The molecule has 1 aromatic carbocycles. The number of hydrogen-bond donors (Lipinski definition) is 2. The lowest BCUT2D eigenvalue weighted by molar-refractivity contribution is -0.184. The van der Waals surface area contributed by atoms with Crippen molar-refractivity contribution in [1.29, 1.82) is 0 Å². The van der Waals surface area contributed by atoms with Gasteiger partial charge in [0.1, 0.15) is 6.04 Å². The van der Waals surface area contributed by atoms with Gasteiger partial charge in [0.2, 0.25) is 0 Å². The zero-order valence-corrected chi connectivity index (χ0v) is 12.6. The van der Waals surface area contributed by atoms with E-state index in [9.17, 15) is 22.8 Å². The highest BCUT2D eigenvalue weighted by Crippen LogP contribution is 2.32. The summed E-state index contributed by atoms with van der Waals surface area (Å²) < 4.78 is 39.5. The molecule has 0 aromatic heterocycles. The Balaban J connectivity index is 2.31. The minimum absolute atomic E-state index is 0.0365. The van der Waals surface area contributed by atoms with Crippen molar-refractivity contribution in [1.82, 2.24) is 10.2 Å². The minimum atomic E-state index is -4.51. The van der Waals surface area contributed by atoms with Crippen molar-refractivity contribution in [3.05, 3.63) is 35.4 Å². The van der Waals surface area contributed by atoms with Gasteiger partial charge in [-0.3, -0.25) is 9.59 Å². The van der Waals surface area contributed by atoms with Crippen LogP contribution >= 0.6 is 0 Å². The van der Waals surface area contributed by atoms with Crippen LogP contribution in [0, 0.1) is 0 Å². The van der Waals surface area contributed by atoms with Crippen LogP contribution in [0.1, 0.15) is 33.6 Å². The number of piperidine rings is 1. The van der Waals surface area contributed by atoms with E-state index in [2.05, 4.69) is 5.32 Å². The van der Waals surface area contributed by atoms with Gasteiger partial charge in [-0.25, -0.2) is 0 Å². The monoisotopic (exact) mass is 329 g/mol. The molecule has 2 rings (SSSR count). The Hall–Kier alpha value is -2.09. The lowest BCUT2D eigenvalue weighted by atomic mass is 9.97. The van der Waals surface area contributed by atoms with E-state index in [0.717, 1.165) is 4.90 Å². The van der Waals surface area contributed by atoms with Gasteiger partial charge >= 0.3 is 6.18 Å². The van der Waals surface area contributed by atoms with E-state index in [0.29, 0.717) is 0 Å². The standard InChI is InChI=1S/C15H18F3N3O2/c1-20-13(22)9-3-2-4-10(7-9)14(23)21-8-11(19)5-6-12(21)15(16,17)18/h2-4,7,11-12H,5-6,8,19H2,1H3,(H,20,22). The molecule has 2 atom stereocenters. The van der Waals surface area contributed by atoms with Crippen LogP contribution in [0.2, 0.25) is 0 Å². The van der Waals surface area contributed by atoms with Crippen molar-refractivity contribution in [2.24, 2.45) is 5.73 Å². The summed E-state index contributed by atoms with van der Waals surface area (Å²) in [4.78, 5) is 24.9. The summed E-state index contributed by atoms with van der Waals surface area (Å²) in [6.07, 6.45) is -4.51. The van der Waals surface area contributed by atoms with Gasteiger partial charge in [0.05, 0.1) is 0 Å². The number of nitrogens with two attached hydrogens (primary N) is 1. The van der Waals surface area contributed by atoms with Gasteiger partial charge in [0.25, 0.3) is 11.8 Å². The SMILES string of the molecule is CNC(=O)c1cccc(C(=O)N2CC(N)CCC2C(F)(F)F)c1. The molecule has 1 saturated heterocycles. The van der Waals surface area contributed by atoms with Gasteiger partial charge in [-0.2, -0.15) is 13.2 Å². The molecule has 1 heterocycles. The second kappa shape index (κ2) is 6.57. The fourth-order valence-corrected chi connectivity index (χ4v) is 2.67. The fraction of sp³-hybridized carbons (Fsp3) is 0.467. The summed E-state index contributed by atoms with van der Waals surface area (Å²) >= 11 is 0. The molecule has 2 unspecified atom stereocenters. The molecule has 2 amide bonds. The number of halogens is 3. The van der Waals surface area contributed by atoms with Gasteiger partial charge in [-0.1, -0.05) is 6.07 Å². The van der Waals surface area contributed by atoms with Gasteiger partial charge in [-0.05, 0) is 31.0 Å². The average Bonchev–Trinajstić information content (AvgIpc) is 2.52. The first kappa shape index (κ1) is 17.3. The van der Waals surface area contributed by atoms with Crippen molar-refractivity contribution >= 4 is 11.8 Å². The van der Waals surface area contributed by atoms with E-state index in [-0.39, 0.29) is 30.5 Å². The van der Waals surface area contributed by atoms with E-state index in [4.69, 9.17) is 5.73 Å². The molecule has 0 aliphatic carbocycles. The molecule has 126 valence electrons. The van der Waals surface area contributed by atoms with Crippen LogP contribution in [0.3, 0.4) is 0 Å². The van der Waals surface area contributed by atoms with E-state index in [1.165, 1.54) is 31.3 Å². The highest BCUT2D eigenvalue weighted by Gasteiger charge is 2.47. The van der Waals surface area contributed by atoms with Crippen LogP contribution in [0.15, 0.2) is 24.3 Å². The van der Waals surface area contributed by atoms with E-state index in [1.807, 2.05) is 0 Å². The molecule has 1 aromatic rings. The number of likely N-dealkylation sites (tertiary alicyclic amines) is 1. The summed E-state index contributed by atoms with van der Waals surface area (Å²) in [6, 6.07) is 3.29. The molecule has 8 heteroatoms. The van der Waals surface area contributed by atoms with Crippen molar-refractivity contribution in [3.8, 4) is 0 Å². The normalized spacial score (nSPS) is 21.9. The predicted octanol–water partition coefficient (Wildman–Crippen LogP) is 1.54. The molecule has 0 spiro atoms. The summed E-state index contributed by atoms with van der Waals surface area (Å²) in [6.45, 7) is -0.160. The quantitative estimate of drug-likeness (QED) is 0.864. The average molecular weight is 329 g/mol. The Bertz CT molecular complexity index is 604. The molecule has 1 fully saturated rings. The van der Waals surface area contributed by atoms with Gasteiger partial charge in [-0.15, -0.1) is 0 Å². The third-order valence-corrected chi connectivity index (χ3v) is 3.86. The highest BCUT2D eigenvalue weighted by atomic mass is 19.4. The number of carbonyl (C=O) groups is 2. The first-order valence-corrected chi connectivity index (χ1v) is 7.19. The summed E-state index contributed by atoms with van der Waals surface area (Å²) in [5, 5.41) is 2.40. The summed E-state index contributed by atoms with van der Waals surface area (Å²) in [5.41, 5.74) is 5.97. The number of nitrogens with zero attached hydrogens (tertiary/aromatic N) is 1. The molecule has 0 radical (unpaired) electrons. The number of rotatable bonds is 2. The number of nitrogens with one attached hydrogen (secondary N) is 1. The number of carbonyl (C=O) groups excluding carboxylic acids is 2. The predicted molar refractivity (Wildman–Crippen MR) is 77.9 cm³/mol. The highest BCUT2D eigenvalue weighted by molar-refractivity contribution is 5.99. The topological polar surface area (TPSA) is 75.4 Å². The molecule has 0 saturated carbocycles. The maximum Gasteiger partial charge on any atom is 0.408 e. The Kier molecular flexibility index (Phi) is 4.93. The van der Waals surface area contributed by atoms with Crippen LogP contribution in [-0.4, -0.2) is 48.6 Å². The Morgan fingerprint density at radius 2 is 1.91 bits per heavy atom. The van der Waals surface area contributed by atoms with Crippen LogP contribution in [0.4, 0.5) is 13.2 Å². The van der Waals surface area contributed by atoms with Crippen LogP contribution in [0.25, 0.3) is 0 Å². The van der Waals surface area contributed by atoms with E-state index < -0.39 is 30.1 Å². The summed E-state index contributed by atoms with van der Waals surface area (Å²) in [7, 11) is 1.43. The largest absolute Gasteiger partial charge is 0.408 e. The lowest BCUT2D eigenvalue weighted by Crippen LogP contribution is -2.56. The fourth-order valence-electron chi connectivity index (χ4n) is 2.67. The number of alkyl halides is 3. The number of hydrogen-bond acceptors (Lipinski definition) is 3. The third-order valence-electron chi connectivity index (χ3n) is 3.86. The Morgan fingerprint density at radius 1 is 1.26 bits per heavy atom. The van der Waals surface area contributed by atoms with Crippen molar-refractivity contribution < 1.29 is 22.8 Å². The zero-order chi connectivity index (χ0) is 17.2. The second-order valence-corrected chi connectivity index (χ2v) is 5.51. The second-order valence-electron chi connectivity index (χ2n) is 5.51. The third kappa shape index (κ3) is 3.82. The smallest absolute Gasteiger partial charge is 0.355 e. The zero-order valence-electron chi connectivity index (χ0n) is 12.6. The molecule has 1 aliphatic rings. The number of benzene rings is 1. The molecule has 0 bridgehead atoms. The van der Waals surface area contributed by atoms with Crippen LogP contribution < -0.4 is 11.1 Å². The molecular weight excluding hydrogens is 311 g/mol.